The molecule has 0 bridgehead atoms. The van der Waals surface area contributed by atoms with E-state index in [0.29, 0.717) is 12.2 Å². The summed E-state index contributed by atoms with van der Waals surface area (Å²) in [5, 5.41) is 5.17. The van der Waals surface area contributed by atoms with Crippen molar-refractivity contribution in [2.45, 2.75) is 52.2 Å². The average molecular weight is 588 g/mol. The third-order valence-corrected chi connectivity index (χ3v) is 7.20. The first-order valence-electron chi connectivity index (χ1n) is 13.1. The highest BCUT2D eigenvalue weighted by molar-refractivity contribution is 9.10. The number of carbonyl (C=O) groups excluding carboxylic acids is 2. The van der Waals surface area contributed by atoms with Gasteiger partial charge in [-0.25, -0.2) is 0 Å². The van der Waals surface area contributed by atoms with Crippen LogP contribution in [0, 0.1) is 6.92 Å². The van der Waals surface area contributed by atoms with Gasteiger partial charge in [-0.05, 0) is 71.6 Å². The number of benzene rings is 4. The fourth-order valence-corrected chi connectivity index (χ4v) is 5.17. The highest BCUT2D eigenvalue weighted by Crippen LogP contribution is 2.33. The van der Waals surface area contributed by atoms with Crippen molar-refractivity contribution >= 4 is 38.5 Å². The number of halogens is 1. The van der Waals surface area contributed by atoms with E-state index in [1.165, 1.54) is 0 Å². The minimum Gasteiger partial charge on any atom is -0.483 e. The van der Waals surface area contributed by atoms with Gasteiger partial charge in [0.15, 0.2) is 6.61 Å². The first-order valence-corrected chi connectivity index (χ1v) is 13.9. The molecule has 0 aliphatic rings. The molecule has 0 saturated heterocycles. The summed E-state index contributed by atoms with van der Waals surface area (Å²) >= 11 is 3.65. The van der Waals surface area contributed by atoms with Crippen molar-refractivity contribution in [1.82, 2.24) is 10.2 Å². The van der Waals surface area contributed by atoms with E-state index < -0.39 is 11.6 Å². The molecule has 2 amide bonds. The van der Waals surface area contributed by atoms with Crippen LogP contribution in [0.2, 0.25) is 0 Å². The van der Waals surface area contributed by atoms with E-state index in [1.807, 2.05) is 119 Å². The Morgan fingerprint density at radius 1 is 0.897 bits per heavy atom. The standard InChI is InChI=1S/C33H35BrN2O3/c1-23-11-10-14-25(19-23)21-36(28(32(38)35-33(2,3)4)20-24-12-6-5-7-13-24)30(37)22-39-29-18-17-26-15-8-9-16-27(26)31(29)34/h5-19,28H,20-22H2,1-4H3,(H,35,38). The summed E-state index contributed by atoms with van der Waals surface area (Å²) < 4.78 is 6.86. The number of hydrogen-bond donors (Lipinski definition) is 1. The molecule has 4 rings (SSSR count). The molecule has 0 aromatic heterocycles. The monoisotopic (exact) mass is 586 g/mol. The maximum absolute atomic E-state index is 13.9. The lowest BCUT2D eigenvalue weighted by atomic mass is 10.0. The highest BCUT2D eigenvalue weighted by atomic mass is 79.9. The number of amides is 2. The lowest BCUT2D eigenvalue weighted by molar-refractivity contribution is -0.143. The summed E-state index contributed by atoms with van der Waals surface area (Å²) in [5.74, 6) is 0.122. The van der Waals surface area contributed by atoms with Gasteiger partial charge >= 0.3 is 0 Å². The predicted octanol–water partition coefficient (Wildman–Crippen LogP) is 6.84. The molecule has 6 heteroatoms. The Bertz CT molecular complexity index is 1450. The number of hydrogen-bond acceptors (Lipinski definition) is 3. The summed E-state index contributed by atoms with van der Waals surface area (Å²) in [6.07, 6.45) is 0.389. The number of nitrogens with one attached hydrogen (secondary N) is 1. The summed E-state index contributed by atoms with van der Waals surface area (Å²) in [5.41, 5.74) is 2.58. The molecule has 0 fully saturated rings. The van der Waals surface area contributed by atoms with Gasteiger partial charge in [0.25, 0.3) is 5.91 Å². The van der Waals surface area contributed by atoms with Gasteiger partial charge in [-0.3, -0.25) is 9.59 Å². The van der Waals surface area contributed by atoms with E-state index >= 15 is 0 Å². The second-order valence-electron chi connectivity index (χ2n) is 10.8. The van der Waals surface area contributed by atoms with Crippen LogP contribution < -0.4 is 10.1 Å². The van der Waals surface area contributed by atoms with E-state index in [1.54, 1.807) is 4.90 Å². The Morgan fingerprint density at radius 2 is 1.59 bits per heavy atom. The Morgan fingerprint density at radius 3 is 2.31 bits per heavy atom. The molecule has 4 aromatic carbocycles. The zero-order valence-corrected chi connectivity index (χ0v) is 24.5. The van der Waals surface area contributed by atoms with Crippen molar-refractivity contribution in [2.75, 3.05) is 6.61 Å². The highest BCUT2D eigenvalue weighted by Gasteiger charge is 2.32. The van der Waals surface area contributed by atoms with Crippen LogP contribution in [0.25, 0.3) is 10.8 Å². The topological polar surface area (TPSA) is 58.6 Å². The van der Waals surface area contributed by atoms with Crippen LogP contribution in [0.5, 0.6) is 5.75 Å². The quantitative estimate of drug-likeness (QED) is 0.233. The molecule has 0 spiro atoms. The van der Waals surface area contributed by atoms with Gasteiger partial charge in [0.2, 0.25) is 5.91 Å². The summed E-state index contributed by atoms with van der Waals surface area (Å²) in [6, 6.07) is 28.9. The van der Waals surface area contributed by atoms with E-state index in [0.717, 1.165) is 31.9 Å². The molecular formula is C33H35BrN2O3. The van der Waals surface area contributed by atoms with E-state index in [-0.39, 0.29) is 25.0 Å². The lowest BCUT2D eigenvalue weighted by Crippen LogP contribution is -2.55. The second-order valence-corrected chi connectivity index (χ2v) is 11.6. The SMILES string of the molecule is Cc1cccc(CN(C(=O)COc2ccc3ccccc3c2Br)C(Cc2ccccc2)C(=O)NC(C)(C)C)c1. The minimum atomic E-state index is -0.719. The van der Waals surface area contributed by atoms with Gasteiger partial charge in [0, 0.05) is 18.5 Å². The van der Waals surface area contributed by atoms with Gasteiger partial charge in [-0.1, -0.05) is 90.5 Å². The molecule has 0 aliphatic heterocycles. The molecule has 1 N–H and O–H groups in total. The summed E-state index contributed by atoms with van der Waals surface area (Å²) in [6.45, 7) is 7.94. The normalized spacial score (nSPS) is 12.1. The van der Waals surface area contributed by atoms with Crippen molar-refractivity contribution in [1.29, 1.82) is 0 Å². The largest absolute Gasteiger partial charge is 0.483 e. The fraction of sp³-hybridized carbons (Fsp3) is 0.273. The maximum atomic E-state index is 13.9. The van der Waals surface area contributed by atoms with Crippen LogP contribution >= 0.6 is 15.9 Å². The fourth-order valence-electron chi connectivity index (χ4n) is 4.56. The van der Waals surface area contributed by atoms with Crippen LogP contribution in [0.4, 0.5) is 0 Å². The number of aryl methyl sites for hydroxylation is 1. The van der Waals surface area contributed by atoms with Gasteiger partial charge in [-0.2, -0.15) is 0 Å². The van der Waals surface area contributed by atoms with Crippen molar-refractivity contribution in [3.8, 4) is 5.75 Å². The van der Waals surface area contributed by atoms with Gasteiger partial charge in [0.1, 0.15) is 11.8 Å². The Hall–Kier alpha value is -3.64. The Balaban J connectivity index is 1.66. The van der Waals surface area contributed by atoms with Crippen molar-refractivity contribution < 1.29 is 14.3 Å². The third kappa shape index (κ3) is 7.70. The van der Waals surface area contributed by atoms with Crippen LogP contribution in [-0.4, -0.2) is 34.9 Å². The van der Waals surface area contributed by atoms with Crippen LogP contribution in [0.1, 0.15) is 37.5 Å². The van der Waals surface area contributed by atoms with Crippen molar-refractivity contribution in [3.63, 3.8) is 0 Å². The molecule has 0 heterocycles. The zero-order valence-electron chi connectivity index (χ0n) is 22.9. The van der Waals surface area contributed by atoms with E-state index in [4.69, 9.17) is 4.74 Å². The zero-order chi connectivity index (χ0) is 28.0. The van der Waals surface area contributed by atoms with Gasteiger partial charge in [-0.15, -0.1) is 0 Å². The molecule has 1 atom stereocenters. The number of fused-ring (bicyclic) bond motifs is 1. The molecule has 0 radical (unpaired) electrons. The molecule has 0 aliphatic carbocycles. The first kappa shape index (κ1) is 28.4. The average Bonchev–Trinajstić information content (AvgIpc) is 2.90. The number of carbonyl (C=O) groups is 2. The van der Waals surface area contributed by atoms with Crippen LogP contribution in [0.3, 0.4) is 0 Å². The van der Waals surface area contributed by atoms with Crippen LogP contribution in [-0.2, 0) is 22.6 Å². The van der Waals surface area contributed by atoms with Crippen molar-refractivity contribution in [3.05, 3.63) is 112 Å². The summed E-state index contributed by atoms with van der Waals surface area (Å²) in [4.78, 5) is 29.2. The Labute approximate surface area is 239 Å². The lowest BCUT2D eigenvalue weighted by Gasteiger charge is -2.34. The molecule has 1 unspecified atom stereocenters. The van der Waals surface area contributed by atoms with Crippen molar-refractivity contribution in [2.24, 2.45) is 0 Å². The Kier molecular flexibility index (Phi) is 9.08. The summed E-state index contributed by atoms with van der Waals surface area (Å²) in [7, 11) is 0. The van der Waals surface area contributed by atoms with Gasteiger partial charge in [0.05, 0.1) is 4.47 Å². The molecule has 202 valence electrons. The number of nitrogens with zero attached hydrogens (tertiary/aromatic N) is 1. The first-order chi connectivity index (χ1) is 18.6. The van der Waals surface area contributed by atoms with E-state index in [2.05, 4.69) is 21.2 Å². The van der Waals surface area contributed by atoms with Gasteiger partial charge < -0.3 is 15.0 Å². The maximum Gasteiger partial charge on any atom is 0.261 e. The minimum absolute atomic E-state index is 0.195. The predicted molar refractivity (Wildman–Crippen MR) is 161 cm³/mol. The number of rotatable bonds is 9. The molecule has 39 heavy (non-hydrogen) atoms. The van der Waals surface area contributed by atoms with E-state index in [9.17, 15) is 9.59 Å². The molecule has 0 saturated carbocycles. The third-order valence-electron chi connectivity index (χ3n) is 6.38. The molecule has 5 nitrogen and oxygen atoms in total. The molecule has 4 aromatic rings. The van der Waals surface area contributed by atoms with Crippen LogP contribution in [0.15, 0.2) is 95.5 Å². The number of ether oxygens (including phenoxy) is 1. The second kappa shape index (κ2) is 12.5. The smallest absolute Gasteiger partial charge is 0.261 e. The molecular weight excluding hydrogens is 552 g/mol.